The maximum absolute atomic E-state index is 13.5. The van der Waals surface area contributed by atoms with E-state index >= 15 is 0 Å². The first-order chi connectivity index (χ1) is 16.1. The maximum atomic E-state index is 13.5. The van der Waals surface area contributed by atoms with Crippen molar-refractivity contribution >= 4 is 23.4 Å². The Bertz CT molecular complexity index is 1060. The summed E-state index contributed by atoms with van der Waals surface area (Å²) in [5, 5.41) is 20.7. The minimum absolute atomic E-state index is 0.0252. The van der Waals surface area contributed by atoms with E-state index in [1.54, 1.807) is 0 Å². The van der Waals surface area contributed by atoms with Gasteiger partial charge in [-0.1, -0.05) is 30.6 Å². The second kappa shape index (κ2) is 9.54. The first-order valence-corrected chi connectivity index (χ1v) is 11.8. The molecule has 1 aromatic carbocycles. The van der Waals surface area contributed by atoms with Gasteiger partial charge in [-0.15, -0.1) is 0 Å². The van der Waals surface area contributed by atoms with E-state index in [4.69, 9.17) is 20.9 Å². The molecule has 3 aliphatic rings. The maximum Gasteiger partial charge on any atom is 0.258 e. The molecule has 184 valence electrons. The van der Waals surface area contributed by atoms with Gasteiger partial charge < -0.3 is 25.0 Å². The summed E-state index contributed by atoms with van der Waals surface area (Å²) in [5.74, 6) is -0.213. The number of hydrogen-bond acceptors (Lipinski definition) is 6. The lowest BCUT2D eigenvalue weighted by Gasteiger charge is -2.55. The Morgan fingerprint density at radius 3 is 2.65 bits per heavy atom. The van der Waals surface area contributed by atoms with Crippen molar-refractivity contribution in [3.8, 4) is 5.75 Å². The minimum Gasteiger partial charge on any atom is -0.484 e. The largest absolute Gasteiger partial charge is 0.484 e. The van der Waals surface area contributed by atoms with Gasteiger partial charge in [-0.2, -0.15) is 0 Å². The fourth-order valence-corrected chi connectivity index (χ4v) is 5.02. The SMILES string of the molecule is CC(C)c1cc(CNC(=O)C23CCC(NC(=O)COc4ccc(Cl)c(F)c4)(CC2)CC3O)on1. The number of aromatic nitrogens is 1. The molecule has 2 amide bonds. The van der Waals surface area contributed by atoms with Crippen LogP contribution in [0.2, 0.25) is 5.02 Å². The Morgan fingerprint density at radius 2 is 2.03 bits per heavy atom. The van der Waals surface area contributed by atoms with Gasteiger partial charge in [0.2, 0.25) is 5.91 Å². The van der Waals surface area contributed by atoms with Gasteiger partial charge in [-0.05, 0) is 50.2 Å². The van der Waals surface area contributed by atoms with E-state index in [1.807, 2.05) is 19.9 Å². The van der Waals surface area contributed by atoms with Crippen molar-refractivity contribution in [2.24, 2.45) is 5.41 Å². The third-order valence-electron chi connectivity index (χ3n) is 7.03. The molecule has 8 nitrogen and oxygen atoms in total. The van der Waals surface area contributed by atoms with Crippen LogP contribution >= 0.6 is 11.6 Å². The molecule has 1 aromatic heterocycles. The summed E-state index contributed by atoms with van der Waals surface area (Å²) in [5.41, 5.74) is -0.655. The molecule has 1 heterocycles. The van der Waals surface area contributed by atoms with Crippen LogP contribution in [0, 0.1) is 11.2 Å². The van der Waals surface area contributed by atoms with Crippen molar-refractivity contribution in [3.63, 3.8) is 0 Å². The van der Waals surface area contributed by atoms with Crippen molar-refractivity contribution in [2.75, 3.05) is 6.61 Å². The predicted molar refractivity (Wildman–Crippen MR) is 122 cm³/mol. The molecule has 0 saturated heterocycles. The van der Waals surface area contributed by atoms with Gasteiger partial charge in [0.15, 0.2) is 12.4 Å². The lowest BCUT2D eigenvalue weighted by molar-refractivity contribution is -0.156. The molecular formula is C24H29ClFN3O5. The van der Waals surface area contributed by atoms with Gasteiger partial charge >= 0.3 is 0 Å². The normalized spacial score (nSPS) is 25.9. The summed E-state index contributed by atoms with van der Waals surface area (Å²) in [6.45, 7) is 3.93. The van der Waals surface area contributed by atoms with Crippen LogP contribution in [0.25, 0.3) is 0 Å². The topological polar surface area (TPSA) is 114 Å². The standard InChI is InChI=1S/C24H29ClFN3O5/c1-14(2)19-10-16(34-29-19)12-27-22(32)24-7-5-23(6-8-24,11-20(24)30)28-21(31)13-33-15-3-4-17(25)18(26)9-15/h3-4,9-10,14,20,30H,5-8,11-13H2,1-2H3,(H,27,32)(H,28,31). The van der Waals surface area contributed by atoms with Crippen molar-refractivity contribution < 1.29 is 28.3 Å². The van der Waals surface area contributed by atoms with Crippen LogP contribution in [0.4, 0.5) is 4.39 Å². The molecule has 2 bridgehead atoms. The monoisotopic (exact) mass is 493 g/mol. The number of carbonyl (C=O) groups excluding carboxylic acids is 2. The van der Waals surface area contributed by atoms with Gasteiger partial charge in [0.05, 0.1) is 28.8 Å². The number of halogens is 2. The molecule has 3 N–H and O–H groups in total. The third kappa shape index (κ3) is 4.90. The highest BCUT2D eigenvalue weighted by Gasteiger charge is 2.58. The second-order valence-electron chi connectivity index (χ2n) is 9.62. The highest BCUT2D eigenvalue weighted by molar-refractivity contribution is 6.30. The first kappa shape index (κ1) is 24.5. The average Bonchev–Trinajstić information content (AvgIpc) is 3.28. The molecule has 10 heteroatoms. The third-order valence-corrected chi connectivity index (χ3v) is 7.34. The van der Waals surface area contributed by atoms with Crippen LogP contribution in [0.5, 0.6) is 5.75 Å². The number of carbonyl (C=O) groups is 2. The van der Waals surface area contributed by atoms with Crippen molar-refractivity contribution in [3.05, 3.63) is 46.6 Å². The van der Waals surface area contributed by atoms with Crippen LogP contribution in [-0.4, -0.2) is 40.3 Å². The Labute approximate surface area is 202 Å². The van der Waals surface area contributed by atoms with Crippen molar-refractivity contribution in [2.45, 2.75) is 70.1 Å². The van der Waals surface area contributed by atoms with Crippen LogP contribution < -0.4 is 15.4 Å². The number of nitrogens with zero attached hydrogens (tertiary/aromatic N) is 1. The molecule has 0 spiro atoms. The van der Waals surface area contributed by atoms with Crippen molar-refractivity contribution in [1.29, 1.82) is 0 Å². The first-order valence-electron chi connectivity index (χ1n) is 11.4. The van der Waals surface area contributed by atoms with Crippen LogP contribution in [0.15, 0.2) is 28.8 Å². The minimum atomic E-state index is -0.887. The fourth-order valence-electron chi connectivity index (χ4n) is 4.91. The molecule has 1 unspecified atom stereocenters. The summed E-state index contributed by atoms with van der Waals surface area (Å²) in [4.78, 5) is 25.6. The number of ether oxygens (including phenoxy) is 1. The van der Waals surface area contributed by atoms with E-state index in [1.165, 1.54) is 12.1 Å². The molecule has 3 saturated carbocycles. The number of hydrogen-bond donors (Lipinski definition) is 3. The van der Waals surface area contributed by atoms with E-state index in [0.29, 0.717) is 31.4 Å². The summed E-state index contributed by atoms with van der Waals surface area (Å²) in [6.07, 6.45) is 1.44. The van der Waals surface area contributed by atoms with Gasteiger partial charge in [0.25, 0.3) is 5.91 Å². The average molecular weight is 494 g/mol. The smallest absolute Gasteiger partial charge is 0.258 e. The molecule has 3 aliphatic carbocycles. The number of fused-ring (bicyclic) bond motifs is 3. The number of rotatable bonds is 8. The Morgan fingerprint density at radius 1 is 1.29 bits per heavy atom. The number of aliphatic hydroxyl groups is 1. The van der Waals surface area contributed by atoms with Crippen LogP contribution in [-0.2, 0) is 16.1 Å². The summed E-state index contributed by atoms with van der Waals surface area (Å²) in [7, 11) is 0. The van der Waals surface area contributed by atoms with Gasteiger partial charge in [0.1, 0.15) is 11.6 Å². The number of benzene rings is 1. The van der Waals surface area contributed by atoms with Gasteiger partial charge in [-0.25, -0.2) is 4.39 Å². The lowest BCUT2D eigenvalue weighted by Crippen LogP contribution is -2.65. The zero-order chi connectivity index (χ0) is 24.5. The number of amides is 2. The predicted octanol–water partition coefficient (Wildman–Crippen LogP) is 3.47. The van der Waals surface area contributed by atoms with E-state index in [2.05, 4.69) is 15.8 Å². The lowest BCUT2D eigenvalue weighted by atomic mass is 9.55. The molecule has 0 radical (unpaired) electrons. The Hall–Kier alpha value is -2.65. The van der Waals surface area contributed by atoms with Gasteiger partial charge in [-0.3, -0.25) is 9.59 Å². The highest BCUT2D eigenvalue weighted by atomic mass is 35.5. The second-order valence-corrected chi connectivity index (χ2v) is 10.0. The molecule has 2 aromatic rings. The number of nitrogens with one attached hydrogen (secondary N) is 2. The zero-order valence-corrected chi connectivity index (χ0v) is 20.0. The highest BCUT2D eigenvalue weighted by Crippen LogP contribution is 2.52. The molecule has 5 rings (SSSR count). The molecule has 0 aliphatic heterocycles. The molecular weight excluding hydrogens is 465 g/mol. The quantitative estimate of drug-likeness (QED) is 0.519. The molecule has 1 atom stereocenters. The van der Waals surface area contributed by atoms with E-state index < -0.39 is 22.9 Å². The zero-order valence-electron chi connectivity index (χ0n) is 19.2. The van der Waals surface area contributed by atoms with Crippen LogP contribution in [0.3, 0.4) is 0 Å². The summed E-state index contributed by atoms with van der Waals surface area (Å²) >= 11 is 5.65. The molecule has 3 fully saturated rings. The van der Waals surface area contributed by atoms with Crippen molar-refractivity contribution in [1.82, 2.24) is 15.8 Å². The fraction of sp³-hybridized carbons (Fsp3) is 0.542. The number of aliphatic hydroxyl groups excluding tert-OH is 1. The Kier molecular flexibility index (Phi) is 6.87. The van der Waals surface area contributed by atoms with E-state index in [-0.39, 0.29) is 48.1 Å². The summed E-state index contributed by atoms with van der Waals surface area (Å²) < 4.78 is 24.2. The summed E-state index contributed by atoms with van der Waals surface area (Å²) in [6, 6.07) is 5.78. The molecule has 34 heavy (non-hydrogen) atoms. The van der Waals surface area contributed by atoms with Crippen LogP contribution in [0.1, 0.15) is 63.3 Å². The van der Waals surface area contributed by atoms with E-state index in [0.717, 1.165) is 11.8 Å². The van der Waals surface area contributed by atoms with E-state index in [9.17, 15) is 19.1 Å². The Balaban J connectivity index is 1.30. The van der Waals surface area contributed by atoms with Gasteiger partial charge in [0, 0.05) is 17.7 Å².